The predicted molar refractivity (Wildman–Crippen MR) is 79.8 cm³/mol. The Morgan fingerprint density at radius 1 is 1.47 bits per heavy atom. The Kier molecular flexibility index (Phi) is 4.58. The standard InChI is InChI=1S/C14H25N5/c1-10(2)19(4)14-7-13(17-11(3)18-14)16-9-12-5-6-15-8-12/h7,10,12,15H,5-6,8-9H2,1-4H3,(H,16,17,18). The molecule has 19 heavy (non-hydrogen) atoms. The van der Waals surface area contributed by atoms with E-state index in [0.29, 0.717) is 12.0 Å². The van der Waals surface area contributed by atoms with E-state index in [9.17, 15) is 0 Å². The molecular formula is C14H25N5. The second-order valence-electron chi connectivity index (χ2n) is 5.60. The van der Waals surface area contributed by atoms with Gasteiger partial charge in [-0.2, -0.15) is 0 Å². The number of rotatable bonds is 5. The van der Waals surface area contributed by atoms with E-state index in [-0.39, 0.29) is 0 Å². The first kappa shape index (κ1) is 14.1. The lowest BCUT2D eigenvalue weighted by molar-refractivity contribution is 0.614. The first-order valence-corrected chi connectivity index (χ1v) is 7.09. The van der Waals surface area contributed by atoms with Gasteiger partial charge in [0.1, 0.15) is 17.5 Å². The highest BCUT2D eigenvalue weighted by molar-refractivity contribution is 5.49. The molecule has 1 atom stereocenters. The summed E-state index contributed by atoms with van der Waals surface area (Å²) in [6.45, 7) is 9.49. The van der Waals surface area contributed by atoms with Crippen LogP contribution in [0, 0.1) is 12.8 Å². The highest BCUT2D eigenvalue weighted by atomic mass is 15.2. The molecule has 1 unspecified atom stereocenters. The average molecular weight is 263 g/mol. The van der Waals surface area contributed by atoms with Crippen LogP contribution < -0.4 is 15.5 Å². The van der Waals surface area contributed by atoms with Crippen LogP contribution in [0.4, 0.5) is 11.6 Å². The molecule has 1 aliphatic heterocycles. The zero-order valence-corrected chi connectivity index (χ0v) is 12.4. The van der Waals surface area contributed by atoms with Crippen molar-refractivity contribution in [3.05, 3.63) is 11.9 Å². The number of hydrogen-bond acceptors (Lipinski definition) is 5. The van der Waals surface area contributed by atoms with Gasteiger partial charge in [0, 0.05) is 25.7 Å². The Labute approximate surface area is 115 Å². The fraction of sp³-hybridized carbons (Fsp3) is 0.714. The van der Waals surface area contributed by atoms with Crippen molar-refractivity contribution in [3.63, 3.8) is 0 Å². The SMILES string of the molecule is Cc1nc(NCC2CCNC2)cc(N(C)C(C)C)n1. The van der Waals surface area contributed by atoms with E-state index in [1.165, 1.54) is 6.42 Å². The largest absolute Gasteiger partial charge is 0.370 e. The highest BCUT2D eigenvalue weighted by Gasteiger charge is 2.15. The third-order valence-electron chi connectivity index (χ3n) is 3.69. The molecule has 0 aromatic carbocycles. The van der Waals surface area contributed by atoms with Crippen LogP contribution in [0.5, 0.6) is 0 Å². The normalized spacial score (nSPS) is 18.9. The topological polar surface area (TPSA) is 53.1 Å². The van der Waals surface area contributed by atoms with Gasteiger partial charge >= 0.3 is 0 Å². The van der Waals surface area contributed by atoms with E-state index in [1.54, 1.807) is 0 Å². The zero-order chi connectivity index (χ0) is 13.8. The van der Waals surface area contributed by atoms with Gasteiger partial charge < -0.3 is 15.5 Å². The van der Waals surface area contributed by atoms with E-state index >= 15 is 0 Å². The molecule has 0 radical (unpaired) electrons. The van der Waals surface area contributed by atoms with Crippen LogP contribution in [-0.4, -0.2) is 42.7 Å². The summed E-state index contributed by atoms with van der Waals surface area (Å²) in [4.78, 5) is 11.1. The van der Waals surface area contributed by atoms with Crippen molar-refractivity contribution in [3.8, 4) is 0 Å². The van der Waals surface area contributed by atoms with Crippen molar-refractivity contribution in [1.29, 1.82) is 0 Å². The van der Waals surface area contributed by atoms with Gasteiger partial charge in [0.2, 0.25) is 0 Å². The maximum absolute atomic E-state index is 4.50. The molecule has 5 heteroatoms. The van der Waals surface area contributed by atoms with Gasteiger partial charge in [0.05, 0.1) is 0 Å². The second kappa shape index (κ2) is 6.19. The lowest BCUT2D eigenvalue weighted by Crippen LogP contribution is -2.27. The van der Waals surface area contributed by atoms with Crippen molar-refractivity contribution < 1.29 is 0 Å². The Morgan fingerprint density at radius 2 is 2.26 bits per heavy atom. The van der Waals surface area contributed by atoms with Crippen LogP contribution in [0.1, 0.15) is 26.1 Å². The zero-order valence-electron chi connectivity index (χ0n) is 12.4. The van der Waals surface area contributed by atoms with Gasteiger partial charge in [0.15, 0.2) is 0 Å². The van der Waals surface area contributed by atoms with E-state index < -0.39 is 0 Å². The number of nitrogens with zero attached hydrogens (tertiary/aromatic N) is 3. The Morgan fingerprint density at radius 3 is 2.89 bits per heavy atom. The van der Waals surface area contributed by atoms with Gasteiger partial charge in [-0.3, -0.25) is 0 Å². The summed E-state index contributed by atoms with van der Waals surface area (Å²) >= 11 is 0. The van der Waals surface area contributed by atoms with Crippen molar-refractivity contribution in [2.45, 2.75) is 33.2 Å². The maximum atomic E-state index is 4.50. The van der Waals surface area contributed by atoms with Gasteiger partial charge in [0.25, 0.3) is 0 Å². The second-order valence-corrected chi connectivity index (χ2v) is 5.60. The van der Waals surface area contributed by atoms with Gasteiger partial charge in [-0.25, -0.2) is 9.97 Å². The summed E-state index contributed by atoms with van der Waals surface area (Å²) in [5.74, 6) is 3.44. The summed E-state index contributed by atoms with van der Waals surface area (Å²) in [6, 6.07) is 2.47. The molecule has 5 nitrogen and oxygen atoms in total. The van der Waals surface area contributed by atoms with Crippen molar-refractivity contribution in [1.82, 2.24) is 15.3 Å². The molecule has 1 saturated heterocycles. The molecule has 2 N–H and O–H groups in total. The molecule has 1 fully saturated rings. The molecule has 1 aromatic heterocycles. The molecule has 1 aliphatic rings. The molecule has 0 spiro atoms. The Bertz CT molecular complexity index is 412. The fourth-order valence-electron chi connectivity index (χ4n) is 2.23. The Hall–Kier alpha value is -1.36. The molecule has 2 rings (SSSR count). The van der Waals surface area contributed by atoms with E-state index in [1.807, 2.05) is 13.0 Å². The van der Waals surface area contributed by atoms with Gasteiger partial charge in [-0.05, 0) is 46.2 Å². The minimum Gasteiger partial charge on any atom is -0.370 e. The summed E-state index contributed by atoms with van der Waals surface area (Å²) in [6.07, 6.45) is 1.25. The lowest BCUT2D eigenvalue weighted by Gasteiger charge is -2.23. The van der Waals surface area contributed by atoms with E-state index in [0.717, 1.165) is 37.1 Å². The molecular weight excluding hydrogens is 238 g/mol. The summed E-state index contributed by atoms with van der Waals surface area (Å²) in [5, 5.41) is 6.83. The van der Waals surface area contributed by atoms with Crippen LogP contribution in [0.2, 0.25) is 0 Å². The minimum absolute atomic E-state index is 0.432. The van der Waals surface area contributed by atoms with Crippen LogP contribution in [0.25, 0.3) is 0 Å². The van der Waals surface area contributed by atoms with Crippen molar-refractivity contribution in [2.75, 3.05) is 36.9 Å². The molecule has 0 saturated carbocycles. The van der Waals surface area contributed by atoms with Crippen molar-refractivity contribution in [2.24, 2.45) is 5.92 Å². The van der Waals surface area contributed by atoms with E-state index in [2.05, 4.69) is 46.4 Å². The third kappa shape index (κ3) is 3.80. The summed E-state index contributed by atoms with van der Waals surface area (Å²) in [5.41, 5.74) is 0. The summed E-state index contributed by atoms with van der Waals surface area (Å²) in [7, 11) is 2.07. The molecule has 1 aromatic rings. The lowest BCUT2D eigenvalue weighted by atomic mass is 10.1. The minimum atomic E-state index is 0.432. The number of hydrogen-bond donors (Lipinski definition) is 2. The quantitative estimate of drug-likeness (QED) is 0.846. The number of aromatic nitrogens is 2. The first-order valence-electron chi connectivity index (χ1n) is 7.09. The first-order chi connectivity index (χ1) is 9.06. The van der Waals surface area contributed by atoms with Gasteiger partial charge in [-0.1, -0.05) is 0 Å². The van der Waals surface area contributed by atoms with E-state index in [4.69, 9.17) is 0 Å². The third-order valence-corrected chi connectivity index (χ3v) is 3.69. The highest BCUT2D eigenvalue weighted by Crippen LogP contribution is 2.17. The van der Waals surface area contributed by atoms with Gasteiger partial charge in [-0.15, -0.1) is 0 Å². The van der Waals surface area contributed by atoms with Crippen LogP contribution in [0.15, 0.2) is 6.07 Å². The monoisotopic (exact) mass is 263 g/mol. The predicted octanol–water partition coefficient (Wildman–Crippen LogP) is 1.65. The maximum Gasteiger partial charge on any atom is 0.134 e. The molecule has 0 bridgehead atoms. The van der Waals surface area contributed by atoms with Crippen LogP contribution >= 0.6 is 0 Å². The van der Waals surface area contributed by atoms with Crippen LogP contribution in [-0.2, 0) is 0 Å². The Balaban J connectivity index is 2.03. The number of aryl methyl sites for hydroxylation is 1. The number of nitrogens with one attached hydrogen (secondary N) is 2. The van der Waals surface area contributed by atoms with Crippen molar-refractivity contribution >= 4 is 11.6 Å². The molecule has 2 heterocycles. The van der Waals surface area contributed by atoms with Crippen LogP contribution in [0.3, 0.4) is 0 Å². The number of anilines is 2. The molecule has 0 amide bonds. The molecule has 106 valence electrons. The average Bonchev–Trinajstić information content (AvgIpc) is 2.87. The summed E-state index contributed by atoms with van der Waals surface area (Å²) < 4.78 is 0. The smallest absolute Gasteiger partial charge is 0.134 e. The fourth-order valence-corrected chi connectivity index (χ4v) is 2.23. The molecule has 0 aliphatic carbocycles.